The van der Waals surface area contributed by atoms with Crippen molar-refractivity contribution in [3.8, 4) is 5.75 Å². The molecule has 1 atom stereocenters. The summed E-state index contributed by atoms with van der Waals surface area (Å²) in [5.74, 6) is 0.590. The lowest BCUT2D eigenvalue weighted by Gasteiger charge is -2.47. The van der Waals surface area contributed by atoms with Crippen molar-refractivity contribution < 1.29 is 19.7 Å². The number of fused-ring (bicyclic) bond motifs is 2. The summed E-state index contributed by atoms with van der Waals surface area (Å²) in [7, 11) is -1.51. The number of hydrogen-bond donors (Lipinski definition) is 2. The molecular weight excluding hydrogens is 419 g/mol. The summed E-state index contributed by atoms with van der Waals surface area (Å²) in [5, 5.41) is 30.0. The van der Waals surface area contributed by atoms with E-state index in [0.29, 0.717) is 23.3 Å². The Labute approximate surface area is 191 Å². The summed E-state index contributed by atoms with van der Waals surface area (Å²) < 4.78 is 6.70. The Bertz CT molecular complexity index is 1270. The second-order valence-electron chi connectivity index (χ2n) is 8.95. The third-order valence-corrected chi connectivity index (χ3v) is 6.74. The van der Waals surface area contributed by atoms with Gasteiger partial charge in [0, 0.05) is 29.9 Å². The van der Waals surface area contributed by atoms with Crippen molar-refractivity contribution in [3.05, 3.63) is 99.6 Å². The van der Waals surface area contributed by atoms with Gasteiger partial charge in [-0.2, -0.15) is 0 Å². The van der Waals surface area contributed by atoms with Crippen LogP contribution in [-0.2, 0) is 12.0 Å². The SMILES string of the molecule is CC1(C)c2ccccc2N(Cc2ccc(B(O)O)cc2)C12C=Cc1cc([N+](=O)[O-])ccc1O2. The number of rotatable bonds is 4. The molecule has 0 saturated heterocycles. The molecule has 0 fully saturated rings. The van der Waals surface area contributed by atoms with E-state index in [1.807, 2.05) is 36.4 Å². The summed E-state index contributed by atoms with van der Waals surface area (Å²) in [5.41, 5.74) is 3.01. The smallest absolute Gasteiger partial charge is 0.463 e. The highest BCUT2D eigenvalue weighted by atomic mass is 16.6. The molecule has 0 aliphatic carbocycles. The maximum atomic E-state index is 11.2. The maximum absolute atomic E-state index is 11.2. The maximum Gasteiger partial charge on any atom is 0.488 e. The second kappa shape index (κ2) is 7.47. The molecule has 2 aliphatic rings. The Hall–Kier alpha value is -3.62. The zero-order valence-corrected chi connectivity index (χ0v) is 18.3. The summed E-state index contributed by atoms with van der Waals surface area (Å²) in [6, 6.07) is 20.0. The Morgan fingerprint density at radius 2 is 1.79 bits per heavy atom. The van der Waals surface area contributed by atoms with Gasteiger partial charge in [-0.3, -0.25) is 10.1 Å². The normalized spacial score (nSPS) is 19.7. The fourth-order valence-corrected chi connectivity index (χ4v) is 4.89. The number of hydrogen-bond acceptors (Lipinski definition) is 6. The highest BCUT2D eigenvalue weighted by Crippen LogP contribution is 2.55. The van der Waals surface area contributed by atoms with E-state index in [9.17, 15) is 20.2 Å². The third kappa shape index (κ3) is 3.22. The van der Waals surface area contributed by atoms with E-state index >= 15 is 0 Å². The first-order chi connectivity index (χ1) is 15.7. The van der Waals surface area contributed by atoms with E-state index in [4.69, 9.17) is 4.74 Å². The van der Waals surface area contributed by atoms with Gasteiger partial charge in [0.2, 0.25) is 5.72 Å². The topological polar surface area (TPSA) is 96.1 Å². The minimum absolute atomic E-state index is 0.0231. The molecular formula is C25H23BN2O5. The van der Waals surface area contributed by atoms with Crippen LogP contribution in [0.2, 0.25) is 0 Å². The van der Waals surface area contributed by atoms with Crippen molar-refractivity contribution in [1.82, 2.24) is 0 Å². The molecule has 7 nitrogen and oxygen atoms in total. The zero-order valence-electron chi connectivity index (χ0n) is 18.3. The lowest BCUT2D eigenvalue weighted by Crippen LogP contribution is -2.59. The van der Waals surface area contributed by atoms with Crippen molar-refractivity contribution in [1.29, 1.82) is 0 Å². The Morgan fingerprint density at radius 3 is 2.48 bits per heavy atom. The Kier molecular flexibility index (Phi) is 4.81. The number of para-hydroxylation sites is 1. The molecule has 0 bridgehead atoms. The van der Waals surface area contributed by atoms with Gasteiger partial charge in [0.15, 0.2) is 0 Å². The number of ether oxygens (including phenoxy) is 1. The highest BCUT2D eigenvalue weighted by Gasteiger charge is 2.58. The fraction of sp³-hybridized carbons (Fsp3) is 0.200. The summed E-state index contributed by atoms with van der Waals surface area (Å²) in [4.78, 5) is 13.0. The molecule has 5 rings (SSSR count). The van der Waals surface area contributed by atoms with Gasteiger partial charge in [0.25, 0.3) is 5.69 Å². The molecule has 8 heteroatoms. The predicted molar refractivity (Wildman–Crippen MR) is 127 cm³/mol. The van der Waals surface area contributed by atoms with Gasteiger partial charge < -0.3 is 19.7 Å². The van der Waals surface area contributed by atoms with E-state index in [-0.39, 0.29) is 5.69 Å². The Morgan fingerprint density at radius 1 is 1.06 bits per heavy atom. The lowest BCUT2D eigenvalue weighted by molar-refractivity contribution is -0.384. The molecule has 2 aliphatic heterocycles. The molecule has 3 aromatic rings. The van der Waals surface area contributed by atoms with Crippen LogP contribution in [0.5, 0.6) is 5.75 Å². The fourth-order valence-electron chi connectivity index (χ4n) is 4.89. The van der Waals surface area contributed by atoms with Crippen LogP contribution in [-0.4, -0.2) is 27.8 Å². The molecule has 33 heavy (non-hydrogen) atoms. The van der Waals surface area contributed by atoms with Crippen molar-refractivity contribution in [2.75, 3.05) is 4.90 Å². The van der Waals surface area contributed by atoms with Gasteiger partial charge in [0.1, 0.15) is 5.75 Å². The van der Waals surface area contributed by atoms with E-state index in [2.05, 4.69) is 30.9 Å². The van der Waals surface area contributed by atoms with Crippen LogP contribution in [0, 0.1) is 10.1 Å². The largest absolute Gasteiger partial charge is 0.488 e. The van der Waals surface area contributed by atoms with Gasteiger partial charge in [-0.15, -0.1) is 0 Å². The first kappa shape index (κ1) is 21.2. The van der Waals surface area contributed by atoms with E-state index in [1.165, 1.54) is 12.1 Å². The molecule has 1 spiro atoms. The minimum Gasteiger partial charge on any atom is -0.463 e. The molecule has 0 radical (unpaired) electrons. The molecule has 0 aromatic heterocycles. The number of nitro benzene ring substituents is 1. The van der Waals surface area contributed by atoms with Gasteiger partial charge in [-0.25, -0.2) is 0 Å². The molecule has 0 saturated carbocycles. The summed E-state index contributed by atoms with van der Waals surface area (Å²) in [6.07, 6.45) is 3.89. The van der Waals surface area contributed by atoms with Crippen LogP contribution < -0.4 is 15.1 Å². The van der Waals surface area contributed by atoms with Crippen LogP contribution in [0.25, 0.3) is 6.08 Å². The molecule has 3 aromatic carbocycles. The van der Waals surface area contributed by atoms with E-state index in [0.717, 1.165) is 16.8 Å². The first-order valence-electron chi connectivity index (χ1n) is 10.7. The van der Waals surface area contributed by atoms with Crippen LogP contribution >= 0.6 is 0 Å². The quantitative estimate of drug-likeness (QED) is 0.366. The number of non-ortho nitro benzene ring substituents is 1. The molecule has 0 amide bonds. The van der Waals surface area contributed by atoms with Crippen LogP contribution in [0.1, 0.15) is 30.5 Å². The van der Waals surface area contributed by atoms with Gasteiger partial charge >= 0.3 is 7.12 Å². The number of nitrogens with zero attached hydrogens (tertiary/aromatic N) is 2. The molecule has 2 N–H and O–H groups in total. The van der Waals surface area contributed by atoms with Gasteiger partial charge in [-0.05, 0) is 54.7 Å². The van der Waals surface area contributed by atoms with Crippen LogP contribution in [0.4, 0.5) is 11.4 Å². The minimum atomic E-state index is -1.51. The highest BCUT2D eigenvalue weighted by molar-refractivity contribution is 6.58. The summed E-state index contributed by atoms with van der Waals surface area (Å²) in [6.45, 7) is 4.80. The average Bonchev–Trinajstić information content (AvgIpc) is 2.98. The Balaban J connectivity index is 1.60. The molecule has 166 valence electrons. The van der Waals surface area contributed by atoms with Crippen molar-refractivity contribution >= 4 is 30.0 Å². The van der Waals surface area contributed by atoms with Crippen molar-refractivity contribution in [3.63, 3.8) is 0 Å². The monoisotopic (exact) mass is 442 g/mol. The van der Waals surface area contributed by atoms with Gasteiger partial charge in [-0.1, -0.05) is 42.5 Å². The lowest BCUT2D eigenvalue weighted by atomic mass is 9.76. The molecule has 2 heterocycles. The first-order valence-corrected chi connectivity index (χ1v) is 10.7. The van der Waals surface area contributed by atoms with E-state index < -0.39 is 23.2 Å². The standard InChI is InChI=1S/C25H23BN2O5/c1-24(2)21-5-3-4-6-22(21)27(16-17-7-9-19(10-8-17)26(29)30)25(24)14-13-18-15-20(28(31)32)11-12-23(18)33-25/h3-15,29-30H,16H2,1-2H3. The van der Waals surface area contributed by atoms with E-state index in [1.54, 1.807) is 18.2 Å². The van der Waals surface area contributed by atoms with Gasteiger partial charge in [0.05, 0.1) is 10.3 Å². The second-order valence-corrected chi connectivity index (χ2v) is 8.95. The van der Waals surface area contributed by atoms with Crippen molar-refractivity contribution in [2.24, 2.45) is 0 Å². The predicted octanol–water partition coefficient (Wildman–Crippen LogP) is 3.37. The average molecular weight is 442 g/mol. The van der Waals surface area contributed by atoms with Crippen LogP contribution in [0.15, 0.2) is 72.8 Å². The summed E-state index contributed by atoms with van der Waals surface area (Å²) >= 11 is 0. The number of nitro groups is 1. The number of anilines is 1. The third-order valence-electron chi connectivity index (χ3n) is 6.74. The molecule has 1 unspecified atom stereocenters. The van der Waals surface area contributed by atoms with Crippen molar-refractivity contribution in [2.45, 2.75) is 31.5 Å². The zero-order chi connectivity index (χ0) is 23.4. The number of benzene rings is 3. The van der Waals surface area contributed by atoms with Crippen LogP contribution in [0.3, 0.4) is 0 Å².